The van der Waals surface area contributed by atoms with Gasteiger partial charge in [-0.05, 0) is 19.1 Å². The van der Waals surface area contributed by atoms with Crippen molar-refractivity contribution in [3.8, 4) is 0 Å². The fourth-order valence-electron chi connectivity index (χ4n) is 0.662. The van der Waals surface area contributed by atoms with Crippen molar-refractivity contribution in [3.05, 3.63) is 24.4 Å². The Bertz CT molecular complexity index is 186. The third-order valence-corrected chi connectivity index (χ3v) is 1.15. The number of thiol groups is 1. The summed E-state index contributed by atoms with van der Waals surface area (Å²) in [4.78, 5) is 4.06. The molecule has 54 valence electrons. The van der Waals surface area contributed by atoms with Crippen molar-refractivity contribution >= 4 is 18.4 Å². The highest BCUT2D eigenvalue weighted by Gasteiger charge is 1.92. The Morgan fingerprint density at radius 1 is 1.60 bits per heavy atom. The minimum Gasteiger partial charge on any atom is -0.359 e. The van der Waals surface area contributed by atoms with Gasteiger partial charge in [0.05, 0.1) is 5.37 Å². The third-order valence-electron chi connectivity index (χ3n) is 1.02. The summed E-state index contributed by atoms with van der Waals surface area (Å²) in [5.74, 6) is 0.866. The first kappa shape index (κ1) is 7.41. The van der Waals surface area contributed by atoms with Gasteiger partial charge in [-0.25, -0.2) is 4.98 Å². The van der Waals surface area contributed by atoms with Crippen LogP contribution in [0, 0.1) is 0 Å². The van der Waals surface area contributed by atoms with Crippen molar-refractivity contribution in [2.45, 2.75) is 12.3 Å². The Hall–Kier alpha value is -0.700. The van der Waals surface area contributed by atoms with Crippen LogP contribution in [0.4, 0.5) is 5.82 Å². The van der Waals surface area contributed by atoms with Gasteiger partial charge in [-0.2, -0.15) is 12.6 Å². The van der Waals surface area contributed by atoms with Crippen molar-refractivity contribution in [3.63, 3.8) is 0 Å². The van der Waals surface area contributed by atoms with E-state index in [4.69, 9.17) is 0 Å². The van der Waals surface area contributed by atoms with Crippen molar-refractivity contribution in [1.82, 2.24) is 4.98 Å². The van der Waals surface area contributed by atoms with Crippen LogP contribution in [0.5, 0.6) is 0 Å². The molecular weight excluding hydrogens is 144 g/mol. The van der Waals surface area contributed by atoms with Crippen LogP contribution in [0.2, 0.25) is 0 Å². The molecular formula is C7H10N2S. The first-order valence-corrected chi connectivity index (χ1v) is 3.66. The van der Waals surface area contributed by atoms with Crippen LogP contribution in [-0.4, -0.2) is 10.4 Å². The second-order valence-electron chi connectivity index (χ2n) is 2.04. The van der Waals surface area contributed by atoms with Crippen molar-refractivity contribution in [1.29, 1.82) is 0 Å². The number of rotatable bonds is 2. The molecule has 1 heterocycles. The maximum Gasteiger partial charge on any atom is 0.126 e. The molecule has 1 atom stereocenters. The Balaban J connectivity index is 2.59. The summed E-state index contributed by atoms with van der Waals surface area (Å²) in [6.07, 6.45) is 1.75. The molecule has 0 saturated carbocycles. The molecule has 0 saturated heterocycles. The van der Waals surface area contributed by atoms with Gasteiger partial charge in [0.25, 0.3) is 0 Å². The zero-order valence-corrected chi connectivity index (χ0v) is 6.68. The van der Waals surface area contributed by atoms with E-state index in [1.165, 1.54) is 0 Å². The van der Waals surface area contributed by atoms with Crippen LogP contribution in [0.15, 0.2) is 24.4 Å². The zero-order valence-electron chi connectivity index (χ0n) is 5.78. The monoisotopic (exact) mass is 154 g/mol. The summed E-state index contributed by atoms with van der Waals surface area (Å²) < 4.78 is 0. The van der Waals surface area contributed by atoms with Gasteiger partial charge in [-0.15, -0.1) is 0 Å². The molecule has 0 aliphatic carbocycles. The fourth-order valence-corrected chi connectivity index (χ4v) is 0.794. The van der Waals surface area contributed by atoms with E-state index in [0.717, 1.165) is 5.82 Å². The second-order valence-corrected chi connectivity index (χ2v) is 2.81. The number of hydrogen-bond acceptors (Lipinski definition) is 3. The molecule has 0 aromatic carbocycles. The summed E-state index contributed by atoms with van der Waals surface area (Å²) in [6.45, 7) is 1.96. The number of hydrogen-bond donors (Lipinski definition) is 2. The van der Waals surface area contributed by atoms with Gasteiger partial charge in [-0.1, -0.05) is 6.07 Å². The SMILES string of the molecule is CC(S)Nc1ccccn1. The number of nitrogens with zero attached hydrogens (tertiary/aromatic N) is 1. The van der Waals surface area contributed by atoms with E-state index < -0.39 is 0 Å². The van der Waals surface area contributed by atoms with Crippen LogP contribution < -0.4 is 5.32 Å². The van der Waals surface area contributed by atoms with Gasteiger partial charge in [0.1, 0.15) is 5.82 Å². The lowest BCUT2D eigenvalue weighted by atomic mass is 10.4. The van der Waals surface area contributed by atoms with Gasteiger partial charge in [0.2, 0.25) is 0 Å². The molecule has 0 radical (unpaired) electrons. The average molecular weight is 154 g/mol. The zero-order chi connectivity index (χ0) is 7.40. The summed E-state index contributed by atoms with van der Waals surface area (Å²) in [7, 11) is 0. The number of nitrogens with one attached hydrogen (secondary N) is 1. The minimum absolute atomic E-state index is 0.148. The van der Waals surface area contributed by atoms with Gasteiger partial charge < -0.3 is 5.32 Å². The fraction of sp³-hybridized carbons (Fsp3) is 0.286. The molecule has 1 unspecified atom stereocenters. The molecule has 3 heteroatoms. The summed E-state index contributed by atoms with van der Waals surface area (Å²) in [5, 5.41) is 3.21. The van der Waals surface area contributed by atoms with E-state index in [1.54, 1.807) is 6.20 Å². The van der Waals surface area contributed by atoms with Gasteiger partial charge in [0.15, 0.2) is 0 Å². The normalized spacial score (nSPS) is 12.6. The smallest absolute Gasteiger partial charge is 0.126 e. The lowest BCUT2D eigenvalue weighted by molar-refractivity contribution is 1.10. The molecule has 2 nitrogen and oxygen atoms in total. The number of pyridine rings is 1. The van der Waals surface area contributed by atoms with E-state index >= 15 is 0 Å². The van der Waals surface area contributed by atoms with Crippen LogP contribution in [0.25, 0.3) is 0 Å². The van der Waals surface area contributed by atoms with E-state index in [2.05, 4.69) is 22.9 Å². The minimum atomic E-state index is 0.148. The molecule has 0 aliphatic heterocycles. The summed E-state index contributed by atoms with van der Waals surface area (Å²) >= 11 is 4.16. The summed E-state index contributed by atoms with van der Waals surface area (Å²) in [6, 6.07) is 5.73. The molecule has 0 amide bonds. The molecule has 0 spiro atoms. The summed E-state index contributed by atoms with van der Waals surface area (Å²) in [5.41, 5.74) is 0. The first-order chi connectivity index (χ1) is 4.79. The van der Waals surface area contributed by atoms with Crippen LogP contribution >= 0.6 is 12.6 Å². The Morgan fingerprint density at radius 2 is 2.40 bits per heavy atom. The highest BCUT2D eigenvalue weighted by atomic mass is 32.1. The van der Waals surface area contributed by atoms with E-state index in [1.807, 2.05) is 25.1 Å². The largest absolute Gasteiger partial charge is 0.359 e. The lowest BCUT2D eigenvalue weighted by Crippen LogP contribution is -2.07. The lowest BCUT2D eigenvalue weighted by Gasteiger charge is -2.06. The second kappa shape index (κ2) is 3.46. The predicted molar refractivity (Wildman–Crippen MR) is 46.3 cm³/mol. The molecule has 0 bridgehead atoms. The maximum absolute atomic E-state index is 4.16. The third kappa shape index (κ3) is 2.27. The van der Waals surface area contributed by atoms with Crippen molar-refractivity contribution < 1.29 is 0 Å². The highest BCUT2D eigenvalue weighted by Crippen LogP contribution is 2.03. The van der Waals surface area contributed by atoms with Crippen LogP contribution in [0.3, 0.4) is 0 Å². The quantitative estimate of drug-likeness (QED) is 0.501. The molecule has 0 aliphatic rings. The average Bonchev–Trinajstić information content (AvgIpc) is 1.88. The van der Waals surface area contributed by atoms with Gasteiger partial charge in [-0.3, -0.25) is 0 Å². The molecule has 1 aromatic heterocycles. The predicted octanol–water partition coefficient (Wildman–Crippen LogP) is 1.77. The molecule has 1 rings (SSSR count). The van der Waals surface area contributed by atoms with E-state index in [9.17, 15) is 0 Å². The standard InChI is InChI=1S/C7H10N2S/c1-6(10)9-7-4-2-3-5-8-7/h2-6,10H,1H3,(H,8,9). The number of anilines is 1. The molecule has 0 fully saturated rings. The van der Waals surface area contributed by atoms with Crippen molar-refractivity contribution in [2.24, 2.45) is 0 Å². The topological polar surface area (TPSA) is 24.9 Å². The Kier molecular flexibility index (Phi) is 2.57. The molecule has 1 aromatic rings. The first-order valence-electron chi connectivity index (χ1n) is 3.14. The molecule has 10 heavy (non-hydrogen) atoms. The highest BCUT2D eigenvalue weighted by molar-refractivity contribution is 7.81. The van der Waals surface area contributed by atoms with E-state index in [0.29, 0.717) is 0 Å². The Labute approximate surface area is 66.1 Å². The van der Waals surface area contributed by atoms with Crippen LogP contribution in [0.1, 0.15) is 6.92 Å². The van der Waals surface area contributed by atoms with Gasteiger partial charge in [0, 0.05) is 6.20 Å². The van der Waals surface area contributed by atoms with Crippen molar-refractivity contribution in [2.75, 3.05) is 5.32 Å². The number of aromatic nitrogens is 1. The van der Waals surface area contributed by atoms with E-state index in [-0.39, 0.29) is 5.37 Å². The molecule has 1 N–H and O–H groups in total. The maximum atomic E-state index is 4.16. The van der Waals surface area contributed by atoms with Gasteiger partial charge >= 0.3 is 0 Å². The van der Waals surface area contributed by atoms with Crippen LogP contribution in [-0.2, 0) is 0 Å². The Morgan fingerprint density at radius 3 is 2.90 bits per heavy atom.